The van der Waals surface area contributed by atoms with Gasteiger partial charge in [-0.3, -0.25) is 9.69 Å². The quantitative estimate of drug-likeness (QED) is 0.600. The maximum atomic E-state index is 11.7. The second-order valence-electron chi connectivity index (χ2n) is 4.93. The largest absolute Gasteiger partial charge is 0.466 e. The third kappa shape index (κ3) is 4.45. The van der Waals surface area contributed by atoms with Crippen LogP contribution in [0, 0.1) is 9.49 Å². The Morgan fingerprint density at radius 3 is 2.79 bits per heavy atom. The van der Waals surface area contributed by atoms with Crippen molar-refractivity contribution in [1.82, 2.24) is 4.90 Å². The van der Waals surface area contributed by atoms with Crippen LogP contribution in [0.4, 0.5) is 0 Å². The van der Waals surface area contributed by atoms with E-state index in [2.05, 4.69) is 51.8 Å². The minimum absolute atomic E-state index is 0.0172. The van der Waals surface area contributed by atoms with Gasteiger partial charge in [0.05, 0.1) is 12.5 Å². The van der Waals surface area contributed by atoms with Crippen molar-refractivity contribution in [3.05, 3.63) is 33.4 Å². The predicted octanol–water partition coefficient (Wildman–Crippen LogP) is 3.07. The zero-order chi connectivity index (χ0) is 13.7. The number of nitrogens with zero attached hydrogens (tertiary/aromatic N) is 1. The molecule has 4 heteroatoms. The molecule has 0 saturated carbocycles. The smallest absolute Gasteiger partial charge is 0.309 e. The van der Waals surface area contributed by atoms with Gasteiger partial charge in [-0.1, -0.05) is 12.1 Å². The highest BCUT2D eigenvalue weighted by Crippen LogP contribution is 2.20. The van der Waals surface area contributed by atoms with Crippen LogP contribution in [0.25, 0.3) is 0 Å². The number of rotatable bonds is 4. The van der Waals surface area contributed by atoms with Crippen LogP contribution >= 0.6 is 22.6 Å². The zero-order valence-corrected chi connectivity index (χ0v) is 13.4. The highest BCUT2D eigenvalue weighted by Gasteiger charge is 2.25. The monoisotopic (exact) mass is 373 g/mol. The molecule has 0 bridgehead atoms. The molecule has 0 unspecified atom stereocenters. The summed E-state index contributed by atoms with van der Waals surface area (Å²) in [7, 11) is 0. The molecule has 0 atom stereocenters. The van der Waals surface area contributed by atoms with Crippen molar-refractivity contribution in [2.24, 2.45) is 5.92 Å². The number of carbonyl (C=O) groups is 1. The fourth-order valence-corrected chi connectivity index (χ4v) is 3.09. The fraction of sp³-hybridized carbons (Fsp3) is 0.533. The van der Waals surface area contributed by atoms with E-state index >= 15 is 0 Å². The molecule has 0 aliphatic carbocycles. The molecule has 0 amide bonds. The molecule has 0 radical (unpaired) electrons. The molecule has 1 saturated heterocycles. The molecule has 1 fully saturated rings. The van der Waals surface area contributed by atoms with Crippen molar-refractivity contribution >= 4 is 28.6 Å². The maximum absolute atomic E-state index is 11.7. The fourth-order valence-electron chi connectivity index (χ4n) is 2.48. The summed E-state index contributed by atoms with van der Waals surface area (Å²) in [6, 6.07) is 8.59. The molecule has 1 aliphatic rings. The molecule has 19 heavy (non-hydrogen) atoms. The Balaban J connectivity index is 1.82. The standard InChI is InChI=1S/C15H20INO2/c1-2-19-15(18)13-6-8-17(9-7-13)11-12-4-3-5-14(16)10-12/h3-5,10,13H,2,6-9,11H2,1H3. The summed E-state index contributed by atoms with van der Waals surface area (Å²) >= 11 is 2.34. The number of benzene rings is 1. The molecule has 1 aromatic rings. The van der Waals surface area contributed by atoms with Gasteiger partial charge in [0.25, 0.3) is 0 Å². The van der Waals surface area contributed by atoms with Crippen molar-refractivity contribution in [3.63, 3.8) is 0 Å². The molecule has 2 rings (SSSR count). The van der Waals surface area contributed by atoms with Crippen LogP contribution in [0.3, 0.4) is 0 Å². The van der Waals surface area contributed by atoms with Gasteiger partial charge < -0.3 is 4.74 Å². The minimum atomic E-state index is -0.0172. The molecule has 1 aliphatic heterocycles. The zero-order valence-electron chi connectivity index (χ0n) is 11.3. The number of ether oxygens (including phenoxy) is 1. The van der Waals surface area contributed by atoms with E-state index in [0.29, 0.717) is 6.61 Å². The van der Waals surface area contributed by atoms with E-state index in [-0.39, 0.29) is 11.9 Å². The molecule has 104 valence electrons. The Kier molecular flexibility index (Phi) is 5.63. The summed E-state index contributed by atoms with van der Waals surface area (Å²) in [5.41, 5.74) is 1.35. The normalized spacial score (nSPS) is 17.4. The number of piperidine rings is 1. The maximum Gasteiger partial charge on any atom is 0.309 e. The highest BCUT2D eigenvalue weighted by molar-refractivity contribution is 14.1. The van der Waals surface area contributed by atoms with Crippen molar-refractivity contribution in [3.8, 4) is 0 Å². The van der Waals surface area contributed by atoms with E-state index in [9.17, 15) is 4.79 Å². The summed E-state index contributed by atoms with van der Waals surface area (Å²) in [5.74, 6) is 0.0866. The first kappa shape index (κ1) is 14.8. The Morgan fingerprint density at radius 2 is 2.16 bits per heavy atom. The van der Waals surface area contributed by atoms with Gasteiger partial charge in [0.15, 0.2) is 0 Å². The van der Waals surface area contributed by atoms with Crippen LogP contribution < -0.4 is 0 Å². The van der Waals surface area contributed by atoms with Gasteiger partial charge >= 0.3 is 5.97 Å². The summed E-state index contributed by atoms with van der Waals surface area (Å²) in [4.78, 5) is 14.1. The number of halogens is 1. The summed E-state index contributed by atoms with van der Waals surface area (Å²) in [6.07, 6.45) is 1.84. The summed E-state index contributed by atoms with van der Waals surface area (Å²) < 4.78 is 6.37. The van der Waals surface area contributed by atoms with Crippen molar-refractivity contribution in [1.29, 1.82) is 0 Å². The van der Waals surface area contributed by atoms with E-state index in [1.54, 1.807) is 0 Å². The van der Waals surface area contributed by atoms with Gasteiger partial charge in [-0.05, 0) is 73.1 Å². The lowest BCUT2D eigenvalue weighted by Gasteiger charge is -2.30. The van der Waals surface area contributed by atoms with E-state index in [1.165, 1.54) is 9.13 Å². The molecule has 0 spiro atoms. The molecule has 0 aromatic heterocycles. The average Bonchev–Trinajstić information content (AvgIpc) is 2.40. The number of hydrogen-bond donors (Lipinski definition) is 0. The molecular formula is C15H20INO2. The van der Waals surface area contributed by atoms with Gasteiger partial charge in [0.1, 0.15) is 0 Å². The van der Waals surface area contributed by atoms with Crippen LogP contribution in [0.15, 0.2) is 24.3 Å². The average molecular weight is 373 g/mol. The minimum Gasteiger partial charge on any atom is -0.466 e. The highest BCUT2D eigenvalue weighted by atomic mass is 127. The van der Waals surface area contributed by atoms with E-state index in [1.807, 2.05) is 6.92 Å². The van der Waals surface area contributed by atoms with E-state index in [0.717, 1.165) is 32.5 Å². The van der Waals surface area contributed by atoms with Crippen LogP contribution in [-0.4, -0.2) is 30.6 Å². The van der Waals surface area contributed by atoms with Crippen LogP contribution in [0.1, 0.15) is 25.3 Å². The van der Waals surface area contributed by atoms with E-state index < -0.39 is 0 Å². The third-order valence-corrected chi connectivity index (χ3v) is 4.17. The molecule has 3 nitrogen and oxygen atoms in total. The second kappa shape index (κ2) is 7.24. The van der Waals surface area contributed by atoms with Gasteiger partial charge in [0, 0.05) is 10.1 Å². The summed E-state index contributed by atoms with van der Waals surface area (Å²) in [6.45, 7) is 5.29. The lowest BCUT2D eigenvalue weighted by molar-refractivity contribution is -0.149. The summed E-state index contributed by atoms with van der Waals surface area (Å²) in [5, 5.41) is 0. The molecule has 1 heterocycles. The van der Waals surface area contributed by atoms with Gasteiger partial charge in [0.2, 0.25) is 0 Å². The second-order valence-corrected chi connectivity index (χ2v) is 6.18. The number of likely N-dealkylation sites (tertiary alicyclic amines) is 1. The number of esters is 1. The number of carbonyl (C=O) groups excluding carboxylic acids is 1. The third-order valence-electron chi connectivity index (χ3n) is 3.50. The molecular weight excluding hydrogens is 353 g/mol. The molecule has 1 aromatic carbocycles. The number of hydrogen-bond acceptors (Lipinski definition) is 3. The first-order valence-corrected chi connectivity index (χ1v) is 7.90. The van der Waals surface area contributed by atoms with Gasteiger partial charge in [-0.2, -0.15) is 0 Å². The lowest BCUT2D eigenvalue weighted by atomic mass is 9.96. The first-order chi connectivity index (χ1) is 9.19. The van der Waals surface area contributed by atoms with Crippen molar-refractivity contribution < 1.29 is 9.53 Å². The first-order valence-electron chi connectivity index (χ1n) is 6.82. The Labute approximate surface area is 128 Å². The van der Waals surface area contributed by atoms with Crippen LogP contribution in [-0.2, 0) is 16.1 Å². The Morgan fingerprint density at radius 1 is 1.42 bits per heavy atom. The van der Waals surface area contributed by atoms with Crippen LogP contribution in [0.5, 0.6) is 0 Å². The van der Waals surface area contributed by atoms with Gasteiger partial charge in [-0.15, -0.1) is 0 Å². The van der Waals surface area contributed by atoms with Crippen LogP contribution in [0.2, 0.25) is 0 Å². The predicted molar refractivity (Wildman–Crippen MR) is 83.8 cm³/mol. The van der Waals surface area contributed by atoms with E-state index in [4.69, 9.17) is 4.74 Å². The molecule has 0 N–H and O–H groups in total. The lowest BCUT2D eigenvalue weighted by Crippen LogP contribution is -2.36. The van der Waals surface area contributed by atoms with Crippen molar-refractivity contribution in [2.75, 3.05) is 19.7 Å². The SMILES string of the molecule is CCOC(=O)C1CCN(Cc2cccc(I)c2)CC1. The Bertz CT molecular complexity index is 428. The Hall–Kier alpha value is -0.620. The van der Waals surface area contributed by atoms with Crippen molar-refractivity contribution in [2.45, 2.75) is 26.3 Å². The van der Waals surface area contributed by atoms with Gasteiger partial charge in [-0.25, -0.2) is 0 Å². The topological polar surface area (TPSA) is 29.5 Å².